The van der Waals surface area contributed by atoms with E-state index in [0.717, 1.165) is 0 Å². The molecule has 0 radical (unpaired) electrons. The minimum Gasteiger partial charge on any atom is -0.444 e. The zero-order valence-electron chi connectivity index (χ0n) is 10.2. The number of aliphatic hydroxyl groups excluding tert-OH is 1. The molecule has 94 valence electrons. The minimum atomic E-state index is -0.501. The maximum Gasteiger partial charge on any atom is 0.407 e. The van der Waals surface area contributed by atoms with Gasteiger partial charge in [-0.05, 0) is 40.0 Å². The molecule has 0 aliphatic heterocycles. The van der Waals surface area contributed by atoms with Gasteiger partial charge >= 0.3 is 6.09 Å². The molecular weight excluding hydrogens is 208 g/mol. The minimum absolute atomic E-state index is 0.0521. The molecule has 1 aliphatic carbocycles. The summed E-state index contributed by atoms with van der Waals surface area (Å²) in [6.45, 7) is 5.44. The highest BCUT2D eigenvalue weighted by atomic mass is 16.6. The molecule has 0 heterocycles. The molecule has 0 saturated heterocycles. The molecular formula is C11H22N2O3. The molecule has 3 atom stereocenters. The summed E-state index contributed by atoms with van der Waals surface area (Å²) in [4.78, 5) is 11.5. The molecule has 1 saturated carbocycles. The second kappa shape index (κ2) is 5.01. The van der Waals surface area contributed by atoms with Crippen LogP contribution in [0.4, 0.5) is 4.79 Å². The molecule has 1 rings (SSSR count). The zero-order chi connectivity index (χ0) is 12.3. The summed E-state index contributed by atoms with van der Waals surface area (Å²) in [6, 6.07) is -0.141. The van der Waals surface area contributed by atoms with E-state index in [0.29, 0.717) is 19.3 Å². The fraction of sp³-hybridized carbons (Fsp3) is 0.909. The molecule has 0 aromatic carbocycles. The van der Waals surface area contributed by atoms with Crippen LogP contribution in [0.5, 0.6) is 0 Å². The first-order valence-electron chi connectivity index (χ1n) is 5.69. The van der Waals surface area contributed by atoms with Crippen molar-refractivity contribution in [3.8, 4) is 0 Å². The van der Waals surface area contributed by atoms with E-state index in [9.17, 15) is 9.90 Å². The Balaban J connectivity index is 2.39. The zero-order valence-corrected chi connectivity index (χ0v) is 10.2. The Morgan fingerprint density at radius 1 is 1.38 bits per heavy atom. The Morgan fingerprint density at radius 2 is 2.00 bits per heavy atom. The summed E-state index contributed by atoms with van der Waals surface area (Å²) in [5, 5.41) is 12.3. The molecule has 0 bridgehead atoms. The first kappa shape index (κ1) is 13.3. The van der Waals surface area contributed by atoms with Crippen LogP contribution in [-0.2, 0) is 4.74 Å². The second-order valence-corrected chi connectivity index (χ2v) is 5.46. The first-order valence-corrected chi connectivity index (χ1v) is 5.69. The van der Waals surface area contributed by atoms with Gasteiger partial charge in [0.2, 0.25) is 0 Å². The Hall–Kier alpha value is -0.810. The summed E-state index contributed by atoms with van der Waals surface area (Å²) in [5.74, 6) is 0. The summed E-state index contributed by atoms with van der Waals surface area (Å²) in [7, 11) is 0. The van der Waals surface area contributed by atoms with Crippen molar-refractivity contribution in [1.82, 2.24) is 5.32 Å². The third-order valence-electron chi connectivity index (χ3n) is 2.44. The van der Waals surface area contributed by atoms with Crippen molar-refractivity contribution in [2.45, 2.75) is 63.8 Å². The van der Waals surface area contributed by atoms with Gasteiger partial charge in [-0.3, -0.25) is 0 Å². The highest BCUT2D eigenvalue weighted by Gasteiger charge is 2.28. The Bertz CT molecular complexity index is 240. The van der Waals surface area contributed by atoms with Crippen LogP contribution in [-0.4, -0.2) is 35.0 Å². The number of ether oxygens (including phenoxy) is 1. The van der Waals surface area contributed by atoms with Gasteiger partial charge in [0, 0.05) is 12.1 Å². The van der Waals surface area contributed by atoms with Gasteiger partial charge in [0.25, 0.3) is 0 Å². The molecule has 0 aromatic heterocycles. The summed E-state index contributed by atoms with van der Waals surface area (Å²) < 4.78 is 5.14. The standard InChI is InChI=1S/C11H22N2O3/c1-11(2,3)16-10(15)13-8-4-7(12)5-9(14)6-8/h7-9,14H,4-6,12H2,1-3H3,(H,13,15)/t7-,8+,9-/m1/s1. The normalized spacial score (nSPS) is 30.9. The number of aliphatic hydroxyl groups is 1. The first-order chi connectivity index (χ1) is 7.26. The average molecular weight is 230 g/mol. The quantitative estimate of drug-likeness (QED) is 0.620. The molecule has 5 nitrogen and oxygen atoms in total. The van der Waals surface area contributed by atoms with Gasteiger partial charge in [-0.15, -0.1) is 0 Å². The second-order valence-electron chi connectivity index (χ2n) is 5.46. The van der Waals surface area contributed by atoms with Crippen LogP contribution in [0.15, 0.2) is 0 Å². The Morgan fingerprint density at radius 3 is 2.50 bits per heavy atom. The summed E-state index contributed by atoms with van der Waals surface area (Å²) in [6.07, 6.45) is 0.970. The van der Waals surface area contributed by atoms with Crippen molar-refractivity contribution < 1.29 is 14.6 Å². The Labute approximate surface area is 96.3 Å². The molecule has 1 fully saturated rings. The fourth-order valence-electron chi connectivity index (χ4n) is 1.92. The largest absolute Gasteiger partial charge is 0.444 e. The van der Waals surface area contributed by atoms with Crippen molar-refractivity contribution in [2.75, 3.05) is 0 Å². The molecule has 0 spiro atoms. The smallest absolute Gasteiger partial charge is 0.407 e. The monoisotopic (exact) mass is 230 g/mol. The summed E-state index contributed by atoms with van der Waals surface area (Å²) >= 11 is 0. The van der Waals surface area contributed by atoms with Crippen molar-refractivity contribution in [2.24, 2.45) is 5.73 Å². The maximum absolute atomic E-state index is 11.5. The van der Waals surface area contributed by atoms with Crippen LogP contribution in [0.2, 0.25) is 0 Å². The number of amides is 1. The van der Waals surface area contributed by atoms with Gasteiger partial charge in [0.1, 0.15) is 5.60 Å². The van der Waals surface area contributed by atoms with Crippen LogP contribution in [0, 0.1) is 0 Å². The van der Waals surface area contributed by atoms with Crippen LogP contribution in [0.3, 0.4) is 0 Å². The molecule has 4 N–H and O–H groups in total. The van der Waals surface area contributed by atoms with Crippen molar-refractivity contribution in [1.29, 1.82) is 0 Å². The highest BCUT2D eigenvalue weighted by molar-refractivity contribution is 5.68. The lowest BCUT2D eigenvalue weighted by Gasteiger charge is -2.31. The van der Waals surface area contributed by atoms with Crippen LogP contribution in [0.1, 0.15) is 40.0 Å². The fourth-order valence-corrected chi connectivity index (χ4v) is 1.92. The topological polar surface area (TPSA) is 84.6 Å². The number of carbonyl (C=O) groups excluding carboxylic acids is 1. The van der Waals surface area contributed by atoms with E-state index in [2.05, 4.69) is 5.32 Å². The molecule has 1 amide bonds. The molecule has 1 aliphatic rings. The number of nitrogens with one attached hydrogen (secondary N) is 1. The van der Waals surface area contributed by atoms with Crippen LogP contribution in [0.25, 0.3) is 0 Å². The van der Waals surface area contributed by atoms with Gasteiger partial charge in [-0.25, -0.2) is 4.79 Å². The average Bonchev–Trinajstić information content (AvgIpc) is 1.96. The number of hydrogen-bond donors (Lipinski definition) is 3. The van der Waals surface area contributed by atoms with Gasteiger partial charge in [-0.1, -0.05) is 0 Å². The maximum atomic E-state index is 11.5. The van der Waals surface area contributed by atoms with E-state index in [-0.39, 0.29) is 12.1 Å². The number of carbonyl (C=O) groups is 1. The van der Waals surface area contributed by atoms with Crippen LogP contribution < -0.4 is 11.1 Å². The van der Waals surface area contributed by atoms with Gasteiger partial charge in [0.15, 0.2) is 0 Å². The van der Waals surface area contributed by atoms with E-state index in [1.54, 1.807) is 0 Å². The van der Waals surface area contributed by atoms with Gasteiger partial charge < -0.3 is 20.9 Å². The lowest BCUT2D eigenvalue weighted by Crippen LogP contribution is -2.47. The van der Waals surface area contributed by atoms with Gasteiger partial charge in [0.05, 0.1) is 6.10 Å². The molecule has 0 aromatic rings. The number of alkyl carbamates (subject to hydrolysis) is 1. The SMILES string of the molecule is CC(C)(C)OC(=O)N[C@H]1C[C@@H](N)C[C@@H](O)C1. The highest BCUT2D eigenvalue weighted by Crippen LogP contribution is 2.18. The third kappa shape index (κ3) is 4.81. The Kier molecular flexibility index (Phi) is 4.15. The van der Waals surface area contributed by atoms with Crippen molar-refractivity contribution in [3.05, 3.63) is 0 Å². The lowest BCUT2D eigenvalue weighted by molar-refractivity contribution is 0.0439. The summed E-state index contributed by atoms with van der Waals surface area (Å²) in [5.41, 5.74) is 5.27. The number of rotatable bonds is 1. The lowest BCUT2D eigenvalue weighted by atomic mass is 9.89. The van der Waals surface area contributed by atoms with E-state index in [1.807, 2.05) is 20.8 Å². The predicted octanol–water partition coefficient (Wildman–Crippen LogP) is 0.752. The number of hydrogen-bond acceptors (Lipinski definition) is 4. The van der Waals surface area contributed by atoms with Crippen molar-refractivity contribution >= 4 is 6.09 Å². The van der Waals surface area contributed by atoms with Gasteiger partial charge in [-0.2, -0.15) is 0 Å². The van der Waals surface area contributed by atoms with Crippen molar-refractivity contribution in [3.63, 3.8) is 0 Å². The van der Waals surface area contributed by atoms with Crippen LogP contribution >= 0.6 is 0 Å². The third-order valence-corrected chi connectivity index (χ3v) is 2.44. The molecule has 16 heavy (non-hydrogen) atoms. The van der Waals surface area contributed by atoms with E-state index < -0.39 is 17.8 Å². The number of nitrogens with two attached hydrogens (primary N) is 1. The van der Waals surface area contributed by atoms with E-state index in [4.69, 9.17) is 10.5 Å². The molecule has 0 unspecified atom stereocenters. The van der Waals surface area contributed by atoms with E-state index >= 15 is 0 Å². The van der Waals surface area contributed by atoms with E-state index in [1.165, 1.54) is 0 Å². The predicted molar refractivity (Wildman–Crippen MR) is 61.0 cm³/mol. The molecule has 5 heteroatoms.